The minimum absolute atomic E-state index is 0.255. The van der Waals surface area contributed by atoms with Gasteiger partial charge < -0.3 is 15.8 Å². The normalized spacial score (nSPS) is 16.1. The second-order valence-corrected chi connectivity index (χ2v) is 4.44. The molecule has 1 fully saturated rings. The zero-order chi connectivity index (χ0) is 12.1. The maximum atomic E-state index is 5.69. The number of ether oxygens (including phenoxy) is 1. The van der Waals surface area contributed by atoms with Gasteiger partial charge in [-0.15, -0.1) is 0 Å². The van der Waals surface area contributed by atoms with Crippen molar-refractivity contribution in [3.8, 4) is 5.88 Å². The second kappa shape index (κ2) is 5.70. The largest absolute Gasteiger partial charge is 0.477 e. The Kier molecular flexibility index (Phi) is 4.01. The van der Waals surface area contributed by atoms with Gasteiger partial charge in [0.25, 0.3) is 0 Å². The predicted molar refractivity (Wildman–Crippen MR) is 68.1 cm³/mol. The molecule has 1 aromatic heterocycles. The molecule has 0 bridgehead atoms. The lowest BCUT2D eigenvalue weighted by molar-refractivity contribution is 0.243. The predicted octanol–water partition coefficient (Wildman–Crippen LogP) is 2.06. The van der Waals surface area contributed by atoms with Crippen LogP contribution >= 0.6 is 0 Å². The molecule has 1 heterocycles. The summed E-state index contributed by atoms with van der Waals surface area (Å²) in [6, 6.07) is 1.80. The van der Waals surface area contributed by atoms with E-state index in [4.69, 9.17) is 10.5 Å². The van der Waals surface area contributed by atoms with Crippen LogP contribution in [0.4, 0.5) is 11.8 Å². The first-order valence-electron chi connectivity index (χ1n) is 6.29. The molecule has 0 atom stereocenters. The molecule has 0 saturated heterocycles. The fourth-order valence-electron chi connectivity index (χ4n) is 2.17. The number of anilines is 2. The summed E-state index contributed by atoms with van der Waals surface area (Å²) in [6.45, 7) is 3.55. The number of hydrogen-bond donors (Lipinski definition) is 2. The van der Waals surface area contributed by atoms with E-state index in [2.05, 4.69) is 15.3 Å². The van der Waals surface area contributed by atoms with Crippen LogP contribution in [0.5, 0.6) is 5.88 Å². The highest BCUT2D eigenvalue weighted by Gasteiger charge is 2.16. The SMILES string of the molecule is CCNc1cc(OCC2CCCC2)nc(N)n1. The van der Waals surface area contributed by atoms with Crippen LogP contribution in [-0.4, -0.2) is 23.1 Å². The van der Waals surface area contributed by atoms with Crippen LogP contribution in [0.15, 0.2) is 6.07 Å². The number of nitrogens with one attached hydrogen (secondary N) is 1. The molecule has 5 nitrogen and oxygen atoms in total. The third-order valence-corrected chi connectivity index (χ3v) is 3.02. The minimum atomic E-state index is 0.255. The average Bonchev–Trinajstić information content (AvgIpc) is 2.79. The van der Waals surface area contributed by atoms with Crippen molar-refractivity contribution in [1.29, 1.82) is 0 Å². The van der Waals surface area contributed by atoms with Crippen LogP contribution in [0, 0.1) is 5.92 Å². The molecule has 17 heavy (non-hydrogen) atoms. The lowest BCUT2D eigenvalue weighted by Gasteiger charge is -2.11. The van der Waals surface area contributed by atoms with E-state index in [-0.39, 0.29) is 5.95 Å². The van der Waals surface area contributed by atoms with E-state index in [9.17, 15) is 0 Å². The monoisotopic (exact) mass is 236 g/mol. The van der Waals surface area contributed by atoms with Crippen LogP contribution in [0.1, 0.15) is 32.6 Å². The molecule has 1 aliphatic carbocycles. The van der Waals surface area contributed by atoms with E-state index in [1.54, 1.807) is 6.07 Å². The molecule has 0 radical (unpaired) electrons. The Morgan fingerprint density at radius 2 is 2.18 bits per heavy atom. The number of nitrogens with two attached hydrogens (primary N) is 1. The maximum Gasteiger partial charge on any atom is 0.225 e. The van der Waals surface area contributed by atoms with Gasteiger partial charge in [-0.3, -0.25) is 0 Å². The van der Waals surface area contributed by atoms with Crippen LogP contribution < -0.4 is 15.8 Å². The molecule has 1 aliphatic rings. The zero-order valence-electron chi connectivity index (χ0n) is 10.3. The molecule has 0 spiro atoms. The summed E-state index contributed by atoms with van der Waals surface area (Å²) in [7, 11) is 0. The summed E-state index contributed by atoms with van der Waals surface area (Å²) in [5.41, 5.74) is 5.63. The molecule has 3 N–H and O–H groups in total. The Balaban J connectivity index is 1.94. The van der Waals surface area contributed by atoms with Crippen LogP contribution in [-0.2, 0) is 0 Å². The van der Waals surface area contributed by atoms with E-state index in [1.165, 1.54) is 25.7 Å². The Bertz CT molecular complexity index is 364. The van der Waals surface area contributed by atoms with Gasteiger partial charge in [-0.25, -0.2) is 0 Å². The Labute approximate surface area is 102 Å². The Morgan fingerprint density at radius 1 is 1.41 bits per heavy atom. The molecular weight excluding hydrogens is 216 g/mol. The molecule has 1 saturated carbocycles. The van der Waals surface area contributed by atoms with Gasteiger partial charge in [-0.2, -0.15) is 9.97 Å². The third kappa shape index (κ3) is 3.47. The standard InChI is InChI=1S/C12H20N4O/c1-2-14-10-7-11(16-12(13)15-10)17-8-9-5-3-4-6-9/h7,9H,2-6,8H2,1H3,(H3,13,14,15,16). The van der Waals surface area contributed by atoms with Gasteiger partial charge in [0, 0.05) is 12.6 Å². The van der Waals surface area contributed by atoms with Crippen LogP contribution in [0.2, 0.25) is 0 Å². The topological polar surface area (TPSA) is 73.1 Å². The van der Waals surface area contributed by atoms with Crippen molar-refractivity contribution in [2.45, 2.75) is 32.6 Å². The highest BCUT2D eigenvalue weighted by atomic mass is 16.5. The lowest BCUT2D eigenvalue weighted by atomic mass is 10.1. The fourth-order valence-corrected chi connectivity index (χ4v) is 2.17. The zero-order valence-corrected chi connectivity index (χ0v) is 10.3. The van der Waals surface area contributed by atoms with Gasteiger partial charge in [0.15, 0.2) is 0 Å². The van der Waals surface area contributed by atoms with Gasteiger partial charge in [0.1, 0.15) is 5.82 Å². The molecule has 0 aliphatic heterocycles. The number of nitrogens with zero attached hydrogens (tertiary/aromatic N) is 2. The van der Waals surface area contributed by atoms with Gasteiger partial charge in [-0.1, -0.05) is 12.8 Å². The van der Waals surface area contributed by atoms with E-state index in [1.807, 2.05) is 6.92 Å². The van der Waals surface area contributed by atoms with E-state index in [0.29, 0.717) is 11.8 Å². The number of hydrogen-bond acceptors (Lipinski definition) is 5. The quantitative estimate of drug-likeness (QED) is 0.818. The van der Waals surface area contributed by atoms with Crippen molar-refractivity contribution in [2.24, 2.45) is 5.92 Å². The summed E-state index contributed by atoms with van der Waals surface area (Å²) in [6.07, 6.45) is 5.17. The third-order valence-electron chi connectivity index (χ3n) is 3.02. The molecular formula is C12H20N4O. The second-order valence-electron chi connectivity index (χ2n) is 4.44. The number of nitrogen functional groups attached to an aromatic ring is 1. The van der Waals surface area contributed by atoms with Crippen LogP contribution in [0.3, 0.4) is 0 Å². The highest BCUT2D eigenvalue weighted by Crippen LogP contribution is 2.25. The van der Waals surface area contributed by atoms with Gasteiger partial charge in [-0.05, 0) is 25.7 Å². The van der Waals surface area contributed by atoms with Crippen molar-refractivity contribution in [3.05, 3.63) is 6.07 Å². The van der Waals surface area contributed by atoms with E-state index >= 15 is 0 Å². The number of aromatic nitrogens is 2. The molecule has 5 heteroatoms. The molecule has 0 unspecified atom stereocenters. The molecule has 0 amide bonds. The smallest absolute Gasteiger partial charge is 0.225 e. The first-order chi connectivity index (χ1) is 8.28. The summed E-state index contributed by atoms with van der Waals surface area (Å²) in [4.78, 5) is 8.16. The Morgan fingerprint density at radius 3 is 2.88 bits per heavy atom. The van der Waals surface area contributed by atoms with Crippen molar-refractivity contribution < 1.29 is 4.74 Å². The van der Waals surface area contributed by atoms with Crippen molar-refractivity contribution in [2.75, 3.05) is 24.2 Å². The highest BCUT2D eigenvalue weighted by molar-refractivity contribution is 5.42. The fraction of sp³-hybridized carbons (Fsp3) is 0.667. The molecule has 94 valence electrons. The van der Waals surface area contributed by atoms with Gasteiger partial charge in [0.05, 0.1) is 6.61 Å². The van der Waals surface area contributed by atoms with E-state index < -0.39 is 0 Å². The summed E-state index contributed by atoms with van der Waals surface area (Å²) < 4.78 is 5.69. The first-order valence-corrected chi connectivity index (χ1v) is 6.29. The van der Waals surface area contributed by atoms with E-state index in [0.717, 1.165) is 19.0 Å². The lowest BCUT2D eigenvalue weighted by Crippen LogP contribution is -2.11. The summed E-state index contributed by atoms with van der Waals surface area (Å²) in [5.74, 6) is 2.22. The van der Waals surface area contributed by atoms with Crippen molar-refractivity contribution in [3.63, 3.8) is 0 Å². The van der Waals surface area contributed by atoms with Crippen molar-refractivity contribution in [1.82, 2.24) is 9.97 Å². The van der Waals surface area contributed by atoms with Crippen LogP contribution in [0.25, 0.3) is 0 Å². The molecule has 2 rings (SSSR count). The van der Waals surface area contributed by atoms with Gasteiger partial charge >= 0.3 is 0 Å². The molecule has 1 aromatic rings. The first kappa shape index (κ1) is 12.0. The van der Waals surface area contributed by atoms with Gasteiger partial charge in [0.2, 0.25) is 11.8 Å². The maximum absolute atomic E-state index is 5.69. The number of rotatable bonds is 5. The average molecular weight is 236 g/mol. The van der Waals surface area contributed by atoms with Crippen molar-refractivity contribution >= 4 is 11.8 Å². The summed E-state index contributed by atoms with van der Waals surface area (Å²) in [5, 5.41) is 3.11. The molecule has 0 aromatic carbocycles. The Hall–Kier alpha value is -1.52. The minimum Gasteiger partial charge on any atom is -0.477 e. The summed E-state index contributed by atoms with van der Waals surface area (Å²) >= 11 is 0.